The van der Waals surface area contributed by atoms with Crippen LogP contribution in [-0.4, -0.2) is 11.7 Å². The Bertz CT molecular complexity index is 595. The fraction of sp³-hybridized carbons (Fsp3) is 0.200. The Kier molecular flexibility index (Phi) is 5.99. The van der Waals surface area contributed by atoms with Crippen molar-refractivity contribution in [2.45, 2.75) is 17.1 Å². The summed E-state index contributed by atoms with van der Waals surface area (Å²) in [5.74, 6) is 6.96. The quantitative estimate of drug-likeness (QED) is 0.643. The Morgan fingerprint density at radius 3 is 3.00 bits per heavy atom. The number of aliphatic hydroxyl groups is 1. The van der Waals surface area contributed by atoms with Crippen molar-refractivity contribution < 1.29 is 5.11 Å². The van der Waals surface area contributed by atoms with E-state index in [0.29, 0.717) is 6.42 Å². The minimum atomic E-state index is 0.128. The second-order valence-corrected chi connectivity index (χ2v) is 6.78. The number of hydrogen-bond acceptors (Lipinski definition) is 3. The van der Waals surface area contributed by atoms with Crippen LogP contribution in [0.4, 0.5) is 0 Å². The van der Waals surface area contributed by atoms with Crippen molar-refractivity contribution >= 4 is 39.0 Å². The molecule has 98 valence electrons. The van der Waals surface area contributed by atoms with E-state index < -0.39 is 0 Å². The van der Waals surface area contributed by atoms with Crippen molar-refractivity contribution in [2.75, 3.05) is 6.61 Å². The van der Waals surface area contributed by atoms with Crippen LogP contribution in [0.5, 0.6) is 0 Å². The van der Waals surface area contributed by atoms with E-state index in [2.05, 4.69) is 51.3 Å². The minimum absolute atomic E-state index is 0.128. The third-order valence-corrected chi connectivity index (χ3v) is 4.96. The average molecular weight is 353 g/mol. The molecule has 1 aromatic heterocycles. The van der Waals surface area contributed by atoms with E-state index in [1.807, 2.05) is 23.9 Å². The topological polar surface area (TPSA) is 20.2 Å². The van der Waals surface area contributed by atoms with Crippen LogP contribution in [0.1, 0.15) is 16.9 Å². The van der Waals surface area contributed by atoms with Gasteiger partial charge in [0.15, 0.2) is 0 Å². The SMILES string of the molecule is OCCC#Cc1csc(CSc2cccc(Br)c2)c1. The molecule has 0 aliphatic heterocycles. The van der Waals surface area contributed by atoms with Crippen LogP contribution in [0.15, 0.2) is 45.1 Å². The summed E-state index contributed by atoms with van der Waals surface area (Å²) in [6.07, 6.45) is 0.540. The molecule has 4 heteroatoms. The van der Waals surface area contributed by atoms with Crippen LogP contribution in [0.25, 0.3) is 0 Å². The monoisotopic (exact) mass is 352 g/mol. The predicted molar refractivity (Wildman–Crippen MR) is 86.6 cm³/mol. The second kappa shape index (κ2) is 7.76. The van der Waals surface area contributed by atoms with Crippen molar-refractivity contribution in [2.24, 2.45) is 0 Å². The lowest BCUT2D eigenvalue weighted by Crippen LogP contribution is -1.77. The van der Waals surface area contributed by atoms with Gasteiger partial charge in [0, 0.05) is 37.4 Å². The largest absolute Gasteiger partial charge is 0.395 e. The molecular weight excluding hydrogens is 340 g/mol. The molecule has 1 aromatic carbocycles. The number of halogens is 1. The van der Waals surface area contributed by atoms with Crippen molar-refractivity contribution in [3.63, 3.8) is 0 Å². The molecule has 0 bridgehead atoms. The van der Waals surface area contributed by atoms with Gasteiger partial charge in [0.25, 0.3) is 0 Å². The van der Waals surface area contributed by atoms with Gasteiger partial charge in [0.1, 0.15) is 0 Å². The molecule has 0 fully saturated rings. The van der Waals surface area contributed by atoms with Gasteiger partial charge in [-0.15, -0.1) is 23.1 Å². The van der Waals surface area contributed by atoms with Crippen LogP contribution in [0, 0.1) is 11.8 Å². The van der Waals surface area contributed by atoms with Crippen LogP contribution in [0.2, 0.25) is 0 Å². The molecule has 0 saturated carbocycles. The number of rotatable bonds is 4. The maximum atomic E-state index is 8.68. The van der Waals surface area contributed by atoms with Gasteiger partial charge in [-0.2, -0.15) is 0 Å². The molecule has 1 N–H and O–H groups in total. The van der Waals surface area contributed by atoms with Gasteiger partial charge in [-0.25, -0.2) is 0 Å². The zero-order valence-corrected chi connectivity index (χ0v) is 13.4. The molecular formula is C15H13BrOS2. The third-order valence-electron chi connectivity index (χ3n) is 2.30. The first kappa shape index (κ1) is 14.7. The summed E-state index contributed by atoms with van der Waals surface area (Å²) in [6.45, 7) is 0.128. The Morgan fingerprint density at radius 2 is 2.21 bits per heavy atom. The summed E-state index contributed by atoms with van der Waals surface area (Å²) in [4.78, 5) is 2.58. The summed E-state index contributed by atoms with van der Waals surface area (Å²) >= 11 is 7.03. The molecule has 1 nitrogen and oxygen atoms in total. The van der Waals surface area contributed by atoms with Crippen LogP contribution in [-0.2, 0) is 5.75 Å². The van der Waals surface area contributed by atoms with Gasteiger partial charge < -0.3 is 5.11 Å². The van der Waals surface area contributed by atoms with Crippen LogP contribution >= 0.6 is 39.0 Å². The van der Waals surface area contributed by atoms with E-state index in [1.54, 1.807) is 11.3 Å². The van der Waals surface area contributed by atoms with Gasteiger partial charge >= 0.3 is 0 Å². The molecule has 0 unspecified atom stereocenters. The van der Waals surface area contributed by atoms with E-state index in [-0.39, 0.29) is 6.61 Å². The lowest BCUT2D eigenvalue weighted by Gasteiger charge is -1.99. The van der Waals surface area contributed by atoms with Crippen molar-refractivity contribution in [1.82, 2.24) is 0 Å². The zero-order chi connectivity index (χ0) is 13.5. The fourth-order valence-electron chi connectivity index (χ4n) is 1.45. The lowest BCUT2D eigenvalue weighted by atomic mass is 10.3. The standard InChI is InChI=1S/C15H13BrOS2/c16-13-5-3-6-14(9-13)19-11-15-8-12(10-18-15)4-1-2-7-17/h3,5-6,8-10,17H,2,7,11H2. The molecule has 1 heterocycles. The number of thioether (sulfide) groups is 1. The Hall–Kier alpha value is -0.730. The van der Waals surface area contributed by atoms with Crippen LogP contribution < -0.4 is 0 Å². The molecule has 2 rings (SSSR count). The Balaban J connectivity index is 1.92. The Labute approximate surface area is 130 Å². The number of thiophene rings is 1. The van der Waals surface area contributed by atoms with Gasteiger partial charge in [-0.3, -0.25) is 0 Å². The van der Waals surface area contributed by atoms with Crippen molar-refractivity contribution in [3.05, 3.63) is 50.6 Å². The van der Waals surface area contributed by atoms with E-state index >= 15 is 0 Å². The van der Waals surface area contributed by atoms with Gasteiger partial charge in [0.2, 0.25) is 0 Å². The smallest absolute Gasteiger partial charge is 0.0540 e. The first-order valence-electron chi connectivity index (χ1n) is 5.83. The second-order valence-electron chi connectivity index (χ2n) is 3.82. The number of aliphatic hydroxyl groups excluding tert-OH is 1. The molecule has 0 spiro atoms. The summed E-state index contributed by atoms with van der Waals surface area (Å²) in [6, 6.07) is 10.4. The van der Waals surface area contributed by atoms with E-state index in [4.69, 9.17) is 5.11 Å². The normalized spacial score (nSPS) is 10.0. The van der Waals surface area contributed by atoms with E-state index in [9.17, 15) is 0 Å². The molecule has 0 radical (unpaired) electrons. The first-order chi connectivity index (χ1) is 9.28. The van der Waals surface area contributed by atoms with E-state index in [1.165, 1.54) is 9.77 Å². The van der Waals surface area contributed by atoms with Gasteiger partial charge in [-0.1, -0.05) is 33.8 Å². The molecule has 0 saturated heterocycles. The summed E-state index contributed by atoms with van der Waals surface area (Å²) < 4.78 is 1.11. The molecule has 19 heavy (non-hydrogen) atoms. The zero-order valence-electron chi connectivity index (χ0n) is 10.2. The van der Waals surface area contributed by atoms with Gasteiger partial charge in [0.05, 0.1) is 6.61 Å². The molecule has 0 atom stereocenters. The summed E-state index contributed by atoms with van der Waals surface area (Å²) in [7, 11) is 0. The highest BCUT2D eigenvalue weighted by molar-refractivity contribution is 9.10. The maximum Gasteiger partial charge on any atom is 0.0540 e. The number of hydrogen-bond donors (Lipinski definition) is 1. The molecule has 0 aliphatic rings. The summed E-state index contributed by atoms with van der Waals surface area (Å²) in [5.41, 5.74) is 1.04. The van der Waals surface area contributed by atoms with Crippen LogP contribution in [0.3, 0.4) is 0 Å². The lowest BCUT2D eigenvalue weighted by molar-refractivity contribution is 0.305. The van der Waals surface area contributed by atoms with Crippen molar-refractivity contribution in [3.8, 4) is 11.8 Å². The average Bonchev–Trinajstić information content (AvgIpc) is 2.85. The number of benzene rings is 1. The molecule has 0 aliphatic carbocycles. The maximum absolute atomic E-state index is 8.68. The predicted octanol–water partition coefficient (Wildman–Crippen LogP) is 4.54. The summed E-state index contributed by atoms with van der Waals surface area (Å²) in [5, 5.41) is 10.7. The first-order valence-corrected chi connectivity index (χ1v) is 8.49. The van der Waals surface area contributed by atoms with E-state index in [0.717, 1.165) is 15.8 Å². The highest BCUT2D eigenvalue weighted by Crippen LogP contribution is 2.27. The molecule has 2 aromatic rings. The van der Waals surface area contributed by atoms with Gasteiger partial charge in [-0.05, 0) is 24.3 Å². The molecule has 0 amide bonds. The minimum Gasteiger partial charge on any atom is -0.395 e. The highest BCUT2D eigenvalue weighted by atomic mass is 79.9. The van der Waals surface area contributed by atoms with Crippen molar-refractivity contribution in [1.29, 1.82) is 0 Å². The fourth-order valence-corrected chi connectivity index (χ4v) is 3.83. The highest BCUT2D eigenvalue weighted by Gasteiger charge is 2.00. The Morgan fingerprint density at radius 1 is 1.32 bits per heavy atom. The third kappa shape index (κ3) is 5.04.